The average Bonchev–Trinajstić information content (AvgIpc) is 2.27. The van der Waals surface area contributed by atoms with Crippen molar-refractivity contribution in [2.24, 2.45) is 5.92 Å². The lowest BCUT2D eigenvalue weighted by Crippen LogP contribution is -2.08. The molecule has 1 heterocycles. The summed E-state index contributed by atoms with van der Waals surface area (Å²) in [5, 5.41) is 0.803. The van der Waals surface area contributed by atoms with Gasteiger partial charge in [0, 0.05) is 17.1 Å². The molecule has 0 radical (unpaired) electrons. The van der Waals surface area contributed by atoms with E-state index >= 15 is 0 Å². The van der Waals surface area contributed by atoms with Gasteiger partial charge in [0.25, 0.3) is 0 Å². The van der Waals surface area contributed by atoms with Gasteiger partial charge in [-0.2, -0.15) is 0 Å². The van der Waals surface area contributed by atoms with Crippen LogP contribution in [0.2, 0.25) is 0 Å². The Kier molecular flexibility index (Phi) is 3.32. The first kappa shape index (κ1) is 11.9. The summed E-state index contributed by atoms with van der Waals surface area (Å²) in [7, 11) is 0. The summed E-state index contributed by atoms with van der Waals surface area (Å²) >= 11 is 0. The highest BCUT2D eigenvalue weighted by atomic mass is 16.1. The minimum Gasteiger partial charge on any atom is -0.358 e. The number of hydrogen-bond acceptors (Lipinski definition) is 1. The summed E-state index contributed by atoms with van der Waals surface area (Å²) in [4.78, 5) is 15.4. The number of rotatable bonds is 3. The molecular weight excluding hydrogens is 210 g/mol. The van der Waals surface area contributed by atoms with E-state index in [1.807, 2.05) is 12.1 Å². The molecule has 17 heavy (non-hydrogen) atoms. The zero-order valence-electron chi connectivity index (χ0n) is 10.7. The predicted octanol–water partition coefficient (Wildman–Crippen LogP) is 3.29. The number of aromatic nitrogens is 1. The van der Waals surface area contributed by atoms with Crippen LogP contribution in [0.1, 0.15) is 32.0 Å². The first-order valence-corrected chi connectivity index (χ1v) is 6.25. The van der Waals surface area contributed by atoms with Crippen LogP contribution in [0.3, 0.4) is 0 Å². The lowest BCUT2D eigenvalue weighted by atomic mass is 10.0. The van der Waals surface area contributed by atoms with Gasteiger partial charge in [0.15, 0.2) is 5.43 Å². The van der Waals surface area contributed by atoms with Gasteiger partial charge in [-0.3, -0.25) is 4.79 Å². The second-order valence-corrected chi connectivity index (χ2v) is 4.95. The molecule has 0 amide bonds. The molecule has 0 aliphatic rings. The zero-order chi connectivity index (χ0) is 12.4. The van der Waals surface area contributed by atoms with Gasteiger partial charge in [0.05, 0.1) is 5.52 Å². The van der Waals surface area contributed by atoms with Crippen LogP contribution in [0.4, 0.5) is 0 Å². The van der Waals surface area contributed by atoms with Crippen LogP contribution in [0.15, 0.2) is 29.1 Å². The minimum absolute atomic E-state index is 0.129. The van der Waals surface area contributed by atoms with E-state index in [0.29, 0.717) is 5.92 Å². The number of hydrogen-bond donors (Lipinski definition) is 1. The maximum Gasteiger partial charge on any atom is 0.189 e. The van der Waals surface area contributed by atoms with E-state index < -0.39 is 0 Å². The molecule has 2 heteroatoms. The Labute approximate surface area is 102 Å². The van der Waals surface area contributed by atoms with Crippen molar-refractivity contribution in [1.29, 1.82) is 0 Å². The standard InChI is InChI=1S/C15H19NO/c1-4-11-6-5-7-13-14(17)9-12(8-10(2)3)16-15(11)13/h5-7,9-10H,4,8H2,1-3H3,(H,16,17). The Bertz CT molecular complexity index is 581. The van der Waals surface area contributed by atoms with E-state index in [0.717, 1.165) is 29.4 Å². The second-order valence-electron chi connectivity index (χ2n) is 4.95. The van der Waals surface area contributed by atoms with Crippen LogP contribution in [0.25, 0.3) is 10.9 Å². The van der Waals surface area contributed by atoms with E-state index in [2.05, 4.69) is 31.8 Å². The van der Waals surface area contributed by atoms with Crippen LogP contribution >= 0.6 is 0 Å². The Hall–Kier alpha value is -1.57. The number of nitrogens with one attached hydrogen (secondary N) is 1. The Morgan fingerprint density at radius 3 is 2.71 bits per heavy atom. The lowest BCUT2D eigenvalue weighted by Gasteiger charge is -2.09. The fourth-order valence-electron chi connectivity index (χ4n) is 2.23. The molecule has 0 saturated carbocycles. The van der Waals surface area contributed by atoms with Gasteiger partial charge in [0.1, 0.15) is 0 Å². The highest BCUT2D eigenvalue weighted by molar-refractivity contribution is 5.81. The SMILES string of the molecule is CCc1cccc2c(=O)cc(CC(C)C)[nH]c12. The van der Waals surface area contributed by atoms with Crippen molar-refractivity contribution in [3.63, 3.8) is 0 Å². The zero-order valence-corrected chi connectivity index (χ0v) is 10.7. The Morgan fingerprint density at radius 2 is 2.06 bits per heavy atom. The van der Waals surface area contributed by atoms with Crippen molar-refractivity contribution in [3.05, 3.63) is 45.7 Å². The average molecular weight is 229 g/mol. The van der Waals surface area contributed by atoms with E-state index in [4.69, 9.17) is 0 Å². The summed E-state index contributed by atoms with van der Waals surface area (Å²) in [6.07, 6.45) is 1.86. The largest absolute Gasteiger partial charge is 0.358 e. The predicted molar refractivity (Wildman–Crippen MR) is 72.5 cm³/mol. The van der Waals surface area contributed by atoms with Crippen LogP contribution < -0.4 is 5.43 Å². The number of aromatic amines is 1. The first-order valence-electron chi connectivity index (χ1n) is 6.25. The third-order valence-electron chi connectivity index (χ3n) is 3.02. The fraction of sp³-hybridized carbons (Fsp3) is 0.400. The van der Waals surface area contributed by atoms with Gasteiger partial charge in [-0.05, 0) is 30.4 Å². The topological polar surface area (TPSA) is 32.9 Å². The molecule has 0 atom stereocenters. The fourth-order valence-corrected chi connectivity index (χ4v) is 2.23. The summed E-state index contributed by atoms with van der Waals surface area (Å²) in [5.41, 5.74) is 3.39. The maximum absolute atomic E-state index is 12.0. The summed E-state index contributed by atoms with van der Waals surface area (Å²) in [5.74, 6) is 0.553. The number of aryl methyl sites for hydroxylation is 1. The van der Waals surface area contributed by atoms with Crippen molar-refractivity contribution < 1.29 is 0 Å². The molecule has 0 aliphatic carbocycles. The number of fused-ring (bicyclic) bond motifs is 1. The van der Waals surface area contributed by atoms with Crippen molar-refractivity contribution in [1.82, 2.24) is 4.98 Å². The second kappa shape index (κ2) is 4.74. The van der Waals surface area contributed by atoms with E-state index in [9.17, 15) is 4.79 Å². The molecule has 1 aromatic carbocycles. The van der Waals surface area contributed by atoms with Crippen molar-refractivity contribution >= 4 is 10.9 Å². The number of para-hydroxylation sites is 1. The van der Waals surface area contributed by atoms with E-state index in [-0.39, 0.29) is 5.43 Å². The molecule has 0 bridgehead atoms. The number of benzene rings is 1. The molecular formula is C15H19NO. The molecule has 2 rings (SSSR count). The lowest BCUT2D eigenvalue weighted by molar-refractivity contribution is 0.636. The number of pyridine rings is 1. The van der Waals surface area contributed by atoms with E-state index in [1.165, 1.54) is 5.56 Å². The van der Waals surface area contributed by atoms with Gasteiger partial charge in [-0.1, -0.05) is 32.9 Å². The number of H-pyrrole nitrogens is 1. The van der Waals surface area contributed by atoms with Gasteiger partial charge >= 0.3 is 0 Å². The third-order valence-corrected chi connectivity index (χ3v) is 3.02. The molecule has 90 valence electrons. The van der Waals surface area contributed by atoms with Gasteiger partial charge in [-0.25, -0.2) is 0 Å². The summed E-state index contributed by atoms with van der Waals surface area (Å²) < 4.78 is 0. The molecule has 0 aliphatic heterocycles. The Morgan fingerprint density at radius 1 is 1.29 bits per heavy atom. The van der Waals surface area contributed by atoms with E-state index in [1.54, 1.807) is 6.07 Å². The Balaban J connectivity index is 2.66. The van der Waals surface area contributed by atoms with Crippen LogP contribution in [0, 0.1) is 5.92 Å². The molecule has 0 saturated heterocycles. The molecule has 0 unspecified atom stereocenters. The molecule has 1 N–H and O–H groups in total. The van der Waals surface area contributed by atoms with Crippen molar-refractivity contribution in [2.45, 2.75) is 33.6 Å². The van der Waals surface area contributed by atoms with Crippen molar-refractivity contribution in [3.8, 4) is 0 Å². The summed E-state index contributed by atoms with van der Waals surface area (Å²) in [6, 6.07) is 7.67. The highest BCUT2D eigenvalue weighted by Crippen LogP contribution is 2.15. The van der Waals surface area contributed by atoms with Crippen LogP contribution in [-0.4, -0.2) is 4.98 Å². The third kappa shape index (κ3) is 2.41. The molecule has 2 aromatic rings. The maximum atomic E-state index is 12.0. The van der Waals surface area contributed by atoms with Gasteiger partial charge in [-0.15, -0.1) is 0 Å². The minimum atomic E-state index is 0.129. The monoisotopic (exact) mass is 229 g/mol. The van der Waals surface area contributed by atoms with Gasteiger partial charge < -0.3 is 4.98 Å². The van der Waals surface area contributed by atoms with Gasteiger partial charge in [0.2, 0.25) is 0 Å². The normalized spacial score (nSPS) is 11.3. The van der Waals surface area contributed by atoms with Crippen molar-refractivity contribution in [2.75, 3.05) is 0 Å². The molecule has 0 fully saturated rings. The highest BCUT2D eigenvalue weighted by Gasteiger charge is 2.06. The van der Waals surface area contributed by atoms with Crippen LogP contribution in [0.5, 0.6) is 0 Å². The molecule has 0 spiro atoms. The molecule has 1 aromatic heterocycles. The first-order chi connectivity index (χ1) is 8.11. The smallest absolute Gasteiger partial charge is 0.189 e. The quantitative estimate of drug-likeness (QED) is 0.860. The molecule has 2 nitrogen and oxygen atoms in total. The summed E-state index contributed by atoms with van der Waals surface area (Å²) in [6.45, 7) is 6.44. The van der Waals surface area contributed by atoms with Crippen LogP contribution in [-0.2, 0) is 12.8 Å².